The molecule has 5 nitrogen and oxygen atoms in total. The molecular formula is C15H20N2O3S. The lowest BCUT2D eigenvalue weighted by atomic mass is 10.2. The smallest absolute Gasteiger partial charge is 0.253 e. The van der Waals surface area contributed by atoms with E-state index in [0.717, 1.165) is 38.8 Å². The van der Waals surface area contributed by atoms with Crippen molar-refractivity contribution in [2.24, 2.45) is 0 Å². The number of carbonyl (C=O) groups excluding carboxylic acids is 1. The predicted molar refractivity (Wildman–Crippen MR) is 81.9 cm³/mol. The molecule has 114 valence electrons. The minimum absolute atomic E-state index is 0.0422. The van der Waals surface area contributed by atoms with Crippen LogP contribution in [0.4, 0.5) is 5.69 Å². The lowest BCUT2D eigenvalue weighted by Gasteiger charge is -2.28. The number of carbonyl (C=O) groups is 1. The Bertz CT molecular complexity index is 619. The van der Waals surface area contributed by atoms with Gasteiger partial charge in [0, 0.05) is 25.2 Å². The number of hydrogen-bond acceptors (Lipinski definition) is 3. The molecule has 2 fully saturated rings. The van der Waals surface area contributed by atoms with Gasteiger partial charge in [-0.2, -0.15) is 0 Å². The molecule has 1 aromatic carbocycles. The summed E-state index contributed by atoms with van der Waals surface area (Å²) >= 11 is 0. The number of hydrogen-bond donors (Lipinski definition) is 0. The Labute approximate surface area is 125 Å². The van der Waals surface area contributed by atoms with Crippen molar-refractivity contribution < 1.29 is 13.2 Å². The molecule has 21 heavy (non-hydrogen) atoms. The van der Waals surface area contributed by atoms with E-state index in [1.807, 2.05) is 4.90 Å². The van der Waals surface area contributed by atoms with E-state index in [4.69, 9.17) is 0 Å². The fraction of sp³-hybridized carbons (Fsp3) is 0.533. The Kier molecular flexibility index (Phi) is 3.89. The first-order chi connectivity index (χ1) is 10.1. The maximum absolute atomic E-state index is 12.3. The molecule has 6 heteroatoms. The number of rotatable bonds is 2. The lowest BCUT2D eigenvalue weighted by Crippen LogP contribution is -2.37. The molecule has 2 aliphatic heterocycles. The molecule has 0 atom stereocenters. The van der Waals surface area contributed by atoms with Crippen molar-refractivity contribution in [3.8, 4) is 0 Å². The van der Waals surface area contributed by atoms with E-state index in [1.165, 1.54) is 4.31 Å². The zero-order chi connectivity index (χ0) is 14.9. The lowest BCUT2D eigenvalue weighted by molar-refractivity contribution is 0.0793. The van der Waals surface area contributed by atoms with Gasteiger partial charge < -0.3 is 4.90 Å². The van der Waals surface area contributed by atoms with Crippen LogP contribution in [0.5, 0.6) is 0 Å². The van der Waals surface area contributed by atoms with Gasteiger partial charge in [0.1, 0.15) is 0 Å². The number of anilines is 1. The standard InChI is InChI=1S/C15H20N2O3S/c18-15(16-9-1-2-10-16)13-5-7-14(8-6-13)17-11-3-4-12-21(17,19)20/h5-8H,1-4,9-12H2. The molecule has 3 rings (SSSR count). The third-order valence-electron chi connectivity index (χ3n) is 4.14. The van der Waals surface area contributed by atoms with Crippen LogP contribution in [0, 0.1) is 0 Å². The number of sulfonamides is 1. The van der Waals surface area contributed by atoms with Crippen LogP contribution in [-0.4, -0.2) is 44.6 Å². The van der Waals surface area contributed by atoms with E-state index < -0.39 is 10.0 Å². The van der Waals surface area contributed by atoms with Crippen LogP contribution in [0.25, 0.3) is 0 Å². The van der Waals surface area contributed by atoms with Crippen molar-refractivity contribution in [1.82, 2.24) is 4.90 Å². The minimum atomic E-state index is -3.19. The van der Waals surface area contributed by atoms with Gasteiger partial charge in [-0.05, 0) is 49.9 Å². The number of nitrogens with zero attached hydrogens (tertiary/aromatic N) is 2. The summed E-state index contributed by atoms with van der Waals surface area (Å²) < 4.78 is 25.6. The van der Waals surface area contributed by atoms with Crippen molar-refractivity contribution in [3.05, 3.63) is 29.8 Å². The van der Waals surface area contributed by atoms with E-state index in [9.17, 15) is 13.2 Å². The van der Waals surface area contributed by atoms with Crippen molar-refractivity contribution in [2.45, 2.75) is 25.7 Å². The first-order valence-corrected chi connectivity index (χ1v) is 9.09. The zero-order valence-electron chi connectivity index (χ0n) is 12.0. The van der Waals surface area contributed by atoms with Crippen LogP contribution < -0.4 is 4.31 Å². The summed E-state index contributed by atoms with van der Waals surface area (Å²) in [6, 6.07) is 6.96. The Morgan fingerprint density at radius 1 is 0.905 bits per heavy atom. The molecule has 0 bridgehead atoms. The Morgan fingerprint density at radius 3 is 2.14 bits per heavy atom. The zero-order valence-corrected chi connectivity index (χ0v) is 12.8. The summed E-state index contributed by atoms with van der Waals surface area (Å²) in [4.78, 5) is 14.1. The fourth-order valence-electron chi connectivity index (χ4n) is 2.95. The number of benzene rings is 1. The van der Waals surface area contributed by atoms with Gasteiger partial charge >= 0.3 is 0 Å². The van der Waals surface area contributed by atoms with Crippen molar-refractivity contribution in [3.63, 3.8) is 0 Å². The monoisotopic (exact) mass is 308 g/mol. The second-order valence-electron chi connectivity index (χ2n) is 5.64. The molecule has 0 N–H and O–H groups in total. The van der Waals surface area contributed by atoms with Gasteiger partial charge in [0.25, 0.3) is 5.91 Å². The average molecular weight is 308 g/mol. The first kappa shape index (κ1) is 14.4. The highest BCUT2D eigenvalue weighted by atomic mass is 32.2. The van der Waals surface area contributed by atoms with Gasteiger partial charge in [-0.1, -0.05) is 0 Å². The topological polar surface area (TPSA) is 57.7 Å². The fourth-order valence-corrected chi connectivity index (χ4v) is 4.59. The summed E-state index contributed by atoms with van der Waals surface area (Å²) in [5, 5.41) is 0. The highest BCUT2D eigenvalue weighted by Crippen LogP contribution is 2.24. The molecule has 2 aliphatic rings. The Hall–Kier alpha value is -1.56. The van der Waals surface area contributed by atoms with Crippen LogP contribution in [0.3, 0.4) is 0 Å². The summed E-state index contributed by atoms with van der Waals surface area (Å²) in [6.07, 6.45) is 3.74. The normalized spacial score (nSPS) is 21.5. The second kappa shape index (κ2) is 5.67. The molecular weight excluding hydrogens is 288 g/mol. The molecule has 1 aromatic rings. The second-order valence-corrected chi connectivity index (χ2v) is 7.65. The highest BCUT2D eigenvalue weighted by molar-refractivity contribution is 7.92. The van der Waals surface area contributed by atoms with Crippen molar-refractivity contribution in [1.29, 1.82) is 0 Å². The van der Waals surface area contributed by atoms with E-state index in [2.05, 4.69) is 0 Å². The van der Waals surface area contributed by atoms with Crippen LogP contribution in [-0.2, 0) is 10.0 Å². The number of likely N-dealkylation sites (tertiary alicyclic amines) is 1. The molecule has 0 aromatic heterocycles. The SMILES string of the molecule is O=C(c1ccc(N2CCCCS2(=O)=O)cc1)N1CCCC1. The molecule has 0 radical (unpaired) electrons. The van der Waals surface area contributed by atoms with Gasteiger partial charge in [-0.25, -0.2) is 8.42 Å². The maximum atomic E-state index is 12.3. The predicted octanol–water partition coefficient (Wildman–Crippen LogP) is 1.85. The van der Waals surface area contributed by atoms with Crippen molar-refractivity contribution in [2.75, 3.05) is 29.7 Å². The molecule has 0 aliphatic carbocycles. The van der Waals surface area contributed by atoms with Crippen LogP contribution in [0.15, 0.2) is 24.3 Å². The van der Waals surface area contributed by atoms with E-state index >= 15 is 0 Å². The van der Waals surface area contributed by atoms with E-state index in [0.29, 0.717) is 17.8 Å². The molecule has 0 saturated carbocycles. The van der Waals surface area contributed by atoms with Crippen LogP contribution >= 0.6 is 0 Å². The molecule has 0 unspecified atom stereocenters. The summed E-state index contributed by atoms with van der Waals surface area (Å²) in [5.41, 5.74) is 1.29. The first-order valence-electron chi connectivity index (χ1n) is 7.48. The molecule has 2 heterocycles. The van der Waals surface area contributed by atoms with Crippen LogP contribution in [0.2, 0.25) is 0 Å². The third-order valence-corrected chi connectivity index (χ3v) is 6.01. The average Bonchev–Trinajstić information content (AvgIpc) is 3.00. The summed E-state index contributed by atoms with van der Waals surface area (Å²) in [7, 11) is -3.19. The largest absolute Gasteiger partial charge is 0.339 e. The Morgan fingerprint density at radius 2 is 1.52 bits per heavy atom. The van der Waals surface area contributed by atoms with E-state index in [-0.39, 0.29) is 11.7 Å². The highest BCUT2D eigenvalue weighted by Gasteiger charge is 2.26. The van der Waals surface area contributed by atoms with Crippen LogP contribution in [0.1, 0.15) is 36.0 Å². The summed E-state index contributed by atoms with van der Waals surface area (Å²) in [5.74, 6) is 0.252. The van der Waals surface area contributed by atoms with Gasteiger partial charge in [0.05, 0.1) is 11.4 Å². The van der Waals surface area contributed by atoms with Gasteiger partial charge in [0.2, 0.25) is 10.0 Å². The van der Waals surface area contributed by atoms with E-state index in [1.54, 1.807) is 24.3 Å². The van der Waals surface area contributed by atoms with Gasteiger partial charge in [0.15, 0.2) is 0 Å². The maximum Gasteiger partial charge on any atom is 0.253 e. The summed E-state index contributed by atoms with van der Waals surface area (Å²) in [6.45, 7) is 2.17. The quantitative estimate of drug-likeness (QED) is 0.838. The third kappa shape index (κ3) is 2.90. The molecule has 2 saturated heterocycles. The number of amides is 1. The van der Waals surface area contributed by atoms with Gasteiger partial charge in [-0.15, -0.1) is 0 Å². The van der Waals surface area contributed by atoms with Crippen molar-refractivity contribution >= 4 is 21.6 Å². The molecule has 1 amide bonds. The van der Waals surface area contributed by atoms with Gasteiger partial charge in [-0.3, -0.25) is 9.10 Å². The minimum Gasteiger partial charge on any atom is -0.339 e. The Balaban J connectivity index is 1.79. The molecule has 0 spiro atoms.